The first-order chi connectivity index (χ1) is 11.2. The van der Waals surface area contributed by atoms with Gasteiger partial charge in [-0.2, -0.15) is 0 Å². The molecule has 0 saturated heterocycles. The van der Waals surface area contributed by atoms with Crippen molar-refractivity contribution in [3.8, 4) is 0 Å². The second-order valence-electron chi connectivity index (χ2n) is 6.24. The molecule has 2 aromatic heterocycles. The lowest BCUT2D eigenvalue weighted by molar-refractivity contribution is 0.243. The molecule has 0 atom stereocenters. The summed E-state index contributed by atoms with van der Waals surface area (Å²) in [5, 5.41) is 1.10. The Kier molecular flexibility index (Phi) is 3.54. The second-order valence-corrected chi connectivity index (χ2v) is 6.24. The van der Waals surface area contributed by atoms with E-state index in [4.69, 9.17) is 4.98 Å². The Hall–Kier alpha value is -2.33. The predicted molar refractivity (Wildman–Crippen MR) is 88.5 cm³/mol. The summed E-state index contributed by atoms with van der Waals surface area (Å²) in [6, 6.07) is 11.1. The van der Waals surface area contributed by atoms with E-state index >= 15 is 0 Å². The van der Waals surface area contributed by atoms with Crippen molar-refractivity contribution in [3.05, 3.63) is 70.8 Å². The Labute approximate surface area is 134 Å². The number of hydrogen-bond acceptors (Lipinski definition) is 3. The van der Waals surface area contributed by atoms with Crippen LogP contribution in [-0.4, -0.2) is 21.4 Å². The van der Waals surface area contributed by atoms with Gasteiger partial charge in [-0.15, -0.1) is 0 Å². The Bertz CT molecular complexity index is 858. The lowest BCUT2D eigenvalue weighted by Crippen LogP contribution is -2.30. The molecule has 1 aliphatic rings. The molecule has 116 valence electrons. The number of pyridine rings is 2. The number of aromatic nitrogens is 2. The first kappa shape index (κ1) is 14.3. The molecule has 0 bridgehead atoms. The van der Waals surface area contributed by atoms with E-state index in [-0.39, 0.29) is 5.82 Å². The SMILES string of the molecule is Cc1cnc2nc3c(cc2c1)CN(Cc1ccc(F)cc1)CC3. The highest BCUT2D eigenvalue weighted by molar-refractivity contribution is 5.76. The molecule has 0 radical (unpaired) electrons. The largest absolute Gasteiger partial charge is 0.294 e. The number of halogens is 1. The normalized spacial score (nSPS) is 14.9. The Morgan fingerprint density at radius 1 is 1.17 bits per heavy atom. The van der Waals surface area contributed by atoms with Crippen molar-refractivity contribution in [1.29, 1.82) is 0 Å². The van der Waals surface area contributed by atoms with E-state index in [0.717, 1.165) is 53.9 Å². The van der Waals surface area contributed by atoms with Crippen LogP contribution in [0.1, 0.15) is 22.4 Å². The first-order valence-corrected chi connectivity index (χ1v) is 7.89. The van der Waals surface area contributed by atoms with Crippen molar-refractivity contribution < 1.29 is 4.39 Å². The third-order valence-corrected chi connectivity index (χ3v) is 4.35. The molecule has 3 heterocycles. The third kappa shape index (κ3) is 2.94. The molecule has 4 rings (SSSR count). The topological polar surface area (TPSA) is 29.0 Å². The lowest BCUT2D eigenvalue weighted by atomic mass is 10.0. The number of benzene rings is 1. The highest BCUT2D eigenvalue weighted by Gasteiger charge is 2.18. The van der Waals surface area contributed by atoms with E-state index in [1.807, 2.05) is 25.3 Å². The van der Waals surface area contributed by atoms with Crippen molar-refractivity contribution in [2.75, 3.05) is 6.54 Å². The Morgan fingerprint density at radius 3 is 2.83 bits per heavy atom. The van der Waals surface area contributed by atoms with Gasteiger partial charge in [0.25, 0.3) is 0 Å². The van der Waals surface area contributed by atoms with Crippen LogP contribution in [0.25, 0.3) is 11.0 Å². The predicted octanol–water partition coefficient (Wildman–Crippen LogP) is 3.64. The van der Waals surface area contributed by atoms with E-state index in [2.05, 4.69) is 22.0 Å². The molecule has 3 aromatic rings. The number of hydrogen-bond donors (Lipinski definition) is 0. The first-order valence-electron chi connectivity index (χ1n) is 7.89. The minimum absolute atomic E-state index is 0.184. The maximum absolute atomic E-state index is 13.0. The van der Waals surface area contributed by atoms with Gasteiger partial charge in [-0.25, -0.2) is 14.4 Å². The van der Waals surface area contributed by atoms with Gasteiger partial charge in [-0.05, 0) is 47.9 Å². The average molecular weight is 307 g/mol. The van der Waals surface area contributed by atoms with Gasteiger partial charge in [-0.1, -0.05) is 12.1 Å². The number of rotatable bonds is 2. The zero-order valence-electron chi connectivity index (χ0n) is 13.1. The van der Waals surface area contributed by atoms with Crippen LogP contribution in [0.5, 0.6) is 0 Å². The maximum Gasteiger partial charge on any atom is 0.159 e. The molecule has 23 heavy (non-hydrogen) atoms. The van der Waals surface area contributed by atoms with Crippen LogP contribution in [0.15, 0.2) is 42.6 Å². The van der Waals surface area contributed by atoms with Gasteiger partial charge in [0.2, 0.25) is 0 Å². The van der Waals surface area contributed by atoms with Gasteiger partial charge in [0.05, 0.1) is 0 Å². The fourth-order valence-corrected chi connectivity index (χ4v) is 3.18. The van der Waals surface area contributed by atoms with Crippen LogP contribution < -0.4 is 0 Å². The third-order valence-electron chi connectivity index (χ3n) is 4.35. The molecule has 0 N–H and O–H groups in total. The molecule has 4 heteroatoms. The Morgan fingerprint density at radius 2 is 2.00 bits per heavy atom. The zero-order valence-corrected chi connectivity index (χ0v) is 13.1. The number of aryl methyl sites for hydroxylation is 1. The van der Waals surface area contributed by atoms with Crippen molar-refractivity contribution in [2.45, 2.75) is 26.4 Å². The van der Waals surface area contributed by atoms with Crippen LogP contribution in [0.2, 0.25) is 0 Å². The van der Waals surface area contributed by atoms with Crippen molar-refractivity contribution >= 4 is 11.0 Å². The van der Waals surface area contributed by atoms with E-state index in [0.29, 0.717) is 0 Å². The molecule has 0 amide bonds. The monoisotopic (exact) mass is 307 g/mol. The standard InChI is InChI=1S/C19H18FN3/c1-13-8-15-9-16-12-23(11-14-2-4-17(20)5-3-14)7-6-18(16)22-19(15)21-10-13/h2-5,8-10H,6-7,11-12H2,1H3. The fraction of sp³-hybridized carbons (Fsp3) is 0.263. The van der Waals surface area contributed by atoms with Crippen molar-refractivity contribution in [1.82, 2.24) is 14.9 Å². The minimum atomic E-state index is -0.184. The van der Waals surface area contributed by atoms with Crippen molar-refractivity contribution in [2.24, 2.45) is 0 Å². The Balaban J connectivity index is 1.59. The number of fused-ring (bicyclic) bond motifs is 2. The maximum atomic E-state index is 13.0. The van der Waals surface area contributed by atoms with Gasteiger partial charge in [0, 0.05) is 43.3 Å². The molecular formula is C19H18FN3. The molecular weight excluding hydrogens is 289 g/mol. The van der Waals surface area contributed by atoms with Crippen molar-refractivity contribution in [3.63, 3.8) is 0 Å². The van der Waals surface area contributed by atoms with Gasteiger partial charge in [-0.3, -0.25) is 4.90 Å². The van der Waals surface area contributed by atoms with Gasteiger partial charge >= 0.3 is 0 Å². The summed E-state index contributed by atoms with van der Waals surface area (Å²) in [7, 11) is 0. The summed E-state index contributed by atoms with van der Waals surface area (Å²) in [6.45, 7) is 4.73. The molecule has 1 aliphatic heterocycles. The summed E-state index contributed by atoms with van der Waals surface area (Å²) < 4.78 is 13.0. The molecule has 3 nitrogen and oxygen atoms in total. The minimum Gasteiger partial charge on any atom is -0.294 e. The van der Waals surface area contributed by atoms with Crippen LogP contribution in [0.4, 0.5) is 4.39 Å². The molecule has 0 unspecified atom stereocenters. The number of nitrogens with zero attached hydrogens (tertiary/aromatic N) is 3. The van der Waals surface area contributed by atoms with Crippen LogP contribution in [0, 0.1) is 12.7 Å². The summed E-state index contributed by atoms with van der Waals surface area (Å²) >= 11 is 0. The van der Waals surface area contributed by atoms with Crippen LogP contribution >= 0.6 is 0 Å². The van der Waals surface area contributed by atoms with Crippen LogP contribution in [-0.2, 0) is 19.5 Å². The van der Waals surface area contributed by atoms with Gasteiger partial charge in [0.1, 0.15) is 5.82 Å². The zero-order chi connectivity index (χ0) is 15.8. The van der Waals surface area contributed by atoms with Gasteiger partial charge in [0.15, 0.2) is 5.65 Å². The lowest BCUT2D eigenvalue weighted by Gasteiger charge is -2.28. The second kappa shape index (κ2) is 5.70. The molecule has 1 aromatic carbocycles. The van der Waals surface area contributed by atoms with E-state index < -0.39 is 0 Å². The molecule has 0 saturated carbocycles. The van der Waals surface area contributed by atoms with Gasteiger partial charge < -0.3 is 0 Å². The summed E-state index contributed by atoms with van der Waals surface area (Å²) in [5.41, 5.74) is 5.56. The van der Waals surface area contributed by atoms with E-state index in [1.165, 1.54) is 17.7 Å². The average Bonchev–Trinajstić information content (AvgIpc) is 2.55. The van der Waals surface area contributed by atoms with E-state index in [1.54, 1.807) is 0 Å². The fourth-order valence-electron chi connectivity index (χ4n) is 3.18. The van der Waals surface area contributed by atoms with E-state index in [9.17, 15) is 4.39 Å². The molecule has 0 spiro atoms. The highest BCUT2D eigenvalue weighted by atomic mass is 19.1. The highest BCUT2D eigenvalue weighted by Crippen LogP contribution is 2.23. The summed E-state index contributed by atoms with van der Waals surface area (Å²) in [4.78, 5) is 11.5. The molecule has 0 fully saturated rings. The quantitative estimate of drug-likeness (QED) is 0.724. The summed E-state index contributed by atoms with van der Waals surface area (Å²) in [6.07, 6.45) is 2.80. The smallest absolute Gasteiger partial charge is 0.159 e. The summed E-state index contributed by atoms with van der Waals surface area (Å²) in [5.74, 6) is -0.184. The molecule has 0 aliphatic carbocycles. The van der Waals surface area contributed by atoms with Crippen LogP contribution in [0.3, 0.4) is 0 Å².